The highest BCUT2D eigenvalue weighted by Gasteiger charge is 2.26. The second-order valence-electron chi connectivity index (χ2n) is 5.68. The van der Waals surface area contributed by atoms with Gasteiger partial charge in [0.1, 0.15) is 0 Å². The van der Waals surface area contributed by atoms with Crippen LogP contribution in [0.4, 0.5) is 4.79 Å². The molecule has 3 rings (SSSR count). The topological polar surface area (TPSA) is 58.2 Å². The zero-order valence-electron chi connectivity index (χ0n) is 13.1. The molecule has 1 aromatic carbocycles. The minimum Gasteiger partial charge on any atom is -0.449 e. The maximum atomic E-state index is 12.2. The molecule has 1 N–H and O–H groups in total. The van der Waals surface area contributed by atoms with Crippen LogP contribution in [-0.2, 0) is 17.7 Å². The number of nitrogens with one attached hydrogen (secondary N) is 1. The SMILES string of the molecule is CCCCOC(=O)N1CCc2[nH]nc(-c3cccc(Cl)c3)c2C1. The first-order valence-electron chi connectivity index (χ1n) is 7.92. The number of amides is 1. The molecule has 0 bridgehead atoms. The number of carbonyl (C=O) groups excluding carboxylic acids is 1. The third-order valence-corrected chi connectivity index (χ3v) is 4.25. The maximum Gasteiger partial charge on any atom is 0.410 e. The Hall–Kier alpha value is -2.01. The smallest absolute Gasteiger partial charge is 0.410 e. The van der Waals surface area contributed by atoms with E-state index in [2.05, 4.69) is 17.1 Å². The van der Waals surface area contributed by atoms with Crippen molar-refractivity contribution in [3.05, 3.63) is 40.5 Å². The van der Waals surface area contributed by atoms with E-state index in [4.69, 9.17) is 16.3 Å². The molecule has 122 valence electrons. The Morgan fingerprint density at radius 3 is 3.13 bits per heavy atom. The Bertz CT molecular complexity index is 699. The summed E-state index contributed by atoms with van der Waals surface area (Å²) in [6.07, 6.45) is 2.41. The molecule has 0 atom stereocenters. The summed E-state index contributed by atoms with van der Waals surface area (Å²) in [5, 5.41) is 8.17. The normalized spacial score (nSPS) is 13.7. The van der Waals surface area contributed by atoms with Crippen LogP contribution in [0.1, 0.15) is 31.0 Å². The van der Waals surface area contributed by atoms with Gasteiger partial charge < -0.3 is 9.64 Å². The van der Waals surface area contributed by atoms with Crippen molar-refractivity contribution in [3.63, 3.8) is 0 Å². The van der Waals surface area contributed by atoms with Crippen molar-refractivity contribution in [3.8, 4) is 11.3 Å². The average Bonchev–Trinajstić information content (AvgIpc) is 2.98. The number of nitrogens with zero attached hydrogens (tertiary/aromatic N) is 2. The molecule has 23 heavy (non-hydrogen) atoms. The van der Waals surface area contributed by atoms with Crippen LogP contribution in [0.3, 0.4) is 0 Å². The summed E-state index contributed by atoms with van der Waals surface area (Å²) in [6.45, 7) is 3.71. The molecule has 0 saturated heterocycles. The number of benzene rings is 1. The number of fused-ring (bicyclic) bond motifs is 1. The highest BCUT2D eigenvalue weighted by molar-refractivity contribution is 6.30. The fourth-order valence-corrected chi connectivity index (χ4v) is 2.91. The number of hydrogen-bond acceptors (Lipinski definition) is 3. The van der Waals surface area contributed by atoms with Crippen LogP contribution in [0.25, 0.3) is 11.3 Å². The van der Waals surface area contributed by atoms with Crippen LogP contribution in [0, 0.1) is 0 Å². The second-order valence-corrected chi connectivity index (χ2v) is 6.12. The standard InChI is InChI=1S/C17H20ClN3O2/c1-2-3-9-23-17(22)21-8-7-15-14(11-21)16(20-19-15)12-5-4-6-13(18)10-12/h4-6,10H,2-3,7-9,11H2,1H3,(H,19,20). The summed E-state index contributed by atoms with van der Waals surface area (Å²) >= 11 is 6.07. The van der Waals surface area contributed by atoms with Crippen LogP contribution in [-0.4, -0.2) is 34.3 Å². The van der Waals surface area contributed by atoms with Crippen molar-refractivity contribution < 1.29 is 9.53 Å². The van der Waals surface area contributed by atoms with Gasteiger partial charge in [0, 0.05) is 34.8 Å². The van der Waals surface area contributed by atoms with Gasteiger partial charge in [-0.15, -0.1) is 0 Å². The van der Waals surface area contributed by atoms with Crippen LogP contribution in [0.2, 0.25) is 5.02 Å². The Morgan fingerprint density at radius 2 is 2.35 bits per heavy atom. The lowest BCUT2D eigenvalue weighted by atomic mass is 10.0. The first-order chi connectivity index (χ1) is 11.2. The first-order valence-corrected chi connectivity index (χ1v) is 8.30. The number of H-pyrrole nitrogens is 1. The molecule has 5 nitrogen and oxygen atoms in total. The first kappa shape index (κ1) is 15.9. The highest BCUT2D eigenvalue weighted by atomic mass is 35.5. The van der Waals surface area contributed by atoms with E-state index in [0.717, 1.165) is 41.8 Å². The van der Waals surface area contributed by atoms with Crippen LogP contribution >= 0.6 is 11.6 Å². The lowest BCUT2D eigenvalue weighted by molar-refractivity contribution is 0.0966. The molecule has 2 heterocycles. The van der Waals surface area contributed by atoms with Gasteiger partial charge in [-0.25, -0.2) is 4.79 Å². The van der Waals surface area contributed by atoms with Crippen molar-refractivity contribution in [1.29, 1.82) is 0 Å². The summed E-state index contributed by atoms with van der Waals surface area (Å²) < 4.78 is 5.31. The van der Waals surface area contributed by atoms with Gasteiger partial charge in [0.25, 0.3) is 0 Å². The van der Waals surface area contributed by atoms with Crippen molar-refractivity contribution >= 4 is 17.7 Å². The van der Waals surface area contributed by atoms with E-state index in [0.29, 0.717) is 24.7 Å². The Kier molecular flexibility index (Phi) is 4.86. The number of carbonyl (C=O) groups is 1. The number of aromatic nitrogens is 2. The molecule has 1 aliphatic rings. The van der Waals surface area contributed by atoms with Gasteiger partial charge in [0.15, 0.2) is 0 Å². The number of unbranched alkanes of at least 4 members (excludes halogenated alkanes) is 1. The second kappa shape index (κ2) is 7.04. The molecule has 0 fully saturated rings. The third kappa shape index (κ3) is 3.50. The van der Waals surface area contributed by atoms with Gasteiger partial charge in [-0.1, -0.05) is 37.1 Å². The molecule has 1 amide bonds. The third-order valence-electron chi connectivity index (χ3n) is 4.01. The summed E-state index contributed by atoms with van der Waals surface area (Å²) in [5.41, 5.74) is 3.94. The van der Waals surface area contributed by atoms with Gasteiger partial charge in [0.2, 0.25) is 0 Å². The Morgan fingerprint density at radius 1 is 1.48 bits per heavy atom. The number of rotatable bonds is 4. The predicted molar refractivity (Wildman–Crippen MR) is 89.4 cm³/mol. The zero-order valence-corrected chi connectivity index (χ0v) is 13.9. The Labute approximate surface area is 140 Å². The fraction of sp³-hybridized carbons (Fsp3) is 0.412. The minimum atomic E-state index is -0.248. The molecule has 0 unspecified atom stereocenters. The van der Waals surface area contributed by atoms with E-state index in [-0.39, 0.29) is 6.09 Å². The number of halogens is 1. The van der Waals surface area contributed by atoms with E-state index < -0.39 is 0 Å². The summed E-state index contributed by atoms with van der Waals surface area (Å²) in [7, 11) is 0. The van der Waals surface area contributed by atoms with Gasteiger partial charge in [-0.2, -0.15) is 5.10 Å². The van der Waals surface area contributed by atoms with Gasteiger partial charge in [-0.3, -0.25) is 5.10 Å². The minimum absolute atomic E-state index is 0.248. The highest BCUT2D eigenvalue weighted by Crippen LogP contribution is 2.29. The van der Waals surface area contributed by atoms with E-state index >= 15 is 0 Å². The van der Waals surface area contributed by atoms with Crippen LogP contribution in [0.5, 0.6) is 0 Å². The van der Waals surface area contributed by atoms with E-state index in [1.165, 1.54) is 0 Å². The van der Waals surface area contributed by atoms with Gasteiger partial charge >= 0.3 is 6.09 Å². The van der Waals surface area contributed by atoms with Crippen molar-refractivity contribution in [2.75, 3.05) is 13.2 Å². The number of hydrogen-bond donors (Lipinski definition) is 1. The van der Waals surface area contributed by atoms with Crippen molar-refractivity contribution in [2.45, 2.75) is 32.7 Å². The molecule has 0 radical (unpaired) electrons. The lowest BCUT2D eigenvalue weighted by Gasteiger charge is -2.26. The Balaban J connectivity index is 1.77. The largest absolute Gasteiger partial charge is 0.449 e. The van der Waals surface area contributed by atoms with Gasteiger partial charge in [0.05, 0.1) is 18.8 Å². The van der Waals surface area contributed by atoms with Gasteiger partial charge in [-0.05, 0) is 18.6 Å². The molecule has 0 spiro atoms. The monoisotopic (exact) mass is 333 g/mol. The van der Waals surface area contributed by atoms with E-state index in [9.17, 15) is 4.79 Å². The quantitative estimate of drug-likeness (QED) is 0.859. The molecule has 0 aliphatic carbocycles. The van der Waals surface area contributed by atoms with Crippen molar-refractivity contribution in [1.82, 2.24) is 15.1 Å². The number of ether oxygens (including phenoxy) is 1. The molecular formula is C17H20ClN3O2. The summed E-state index contributed by atoms with van der Waals surface area (Å²) in [4.78, 5) is 13.9. The molecule has 1 aromatic heterocycles. The molecule has 1 aliphatic heterocycles. The lowest BCUT2D eigenvalue weighted by Crippen LogP contribution is -2.36. The fourth-order valence-electron chi connectivity index (χ4n) is 2.72. The maximum absolute atomic E-state index is 12.2. The average molecular weight is 334 g/mol. The predicted octanol–water partition coefficient (Wildman–Crippen LogP) is 4.02. The number of aromatic amines is 1. The molecular weight excluding hydrogens is 314 g/mol. The van der Waals surface area contributed by atoms with Crippen molar-refractivity contribution in [2.24, 2.45) is 0 Å². The molecule has 0 saturated carbocycles. The molecule has 6 heteroatoms. The zero-order chi connectivity index (χ0) is 16.2. The molecule has 2 aromatic rings. The van der Waals surface area contributed by atoms with E-state index in [1.807, 2.05) is 24.3 Å². The summed E-state index contributed by atoms with van der Waals surface area (Å²) in [6, 6.07) is 7.59. The summed E-state index contributed by atoms with van der Waals surface area (Å²) in [5.74, 6) is 0. The van der Waals surface area contributed by atoms with Crippen LogP contribution in [0.15, 0.2) is 24.3 Å². The van der Waals surface area contributed by atoms with Crippen LogP contribution < -0.4 is 0 Å². The van der Waals surface area contributed by atoms with E-state index in [1.54, 1.807) is 4.90 Å².